The highest BCUT2D eigenvalue weighted by Gasteiger charge is 2.25. The van der Waals surface area contributed by atoms with Crippen molar-refractivity contribution < 1.29 is 0 Å². The van der Waals surface area contributed by atoms with Crippen LogP contribution in [0.3, 0.4) is 0 Å². The molecule has 1 unspecified atom stereocenters. The lowest BCUT2D eigenvalue weighted by Gasteiger charge is -2.22. The summed E-state index contributed by atoms with van der Waals surface area (Å²) in [4.78, 5) is 2.29. The number of nitrogens with one attached hydrogen (secondary N) is 1. The first-order valence-electron chi connectivity index (χ1n) is 8.23. The fraction of sp³-hybridized carbons (Fsp3) is 0.350. The molecule has 23 heavy (non-hydrogen) atoms. The van der Waals surface area contributed by atoms with Gasteiger partial charge < -0.3 is 10.2 Å². The van der Waals surface area contributed by atoms with Gasteiger partial charge in [0.25, 0.3) is 0 Å². The quantitative estimate of drug-likeness (QED) is 0.799. The van der Waals surface area contributed by atoms with Gasteiger partial charge >= 0.3 is 0 Å². The zero-order valence-electron chi connectivity index (χ0n) is 14.1. The maximum absolute atomic E-state index is 5.64. The molecule has 0 amide bonds. The zero-order chi connectivity index (χ0) is 16.4. The Morgan fingerprint density at radius 2 is 1.83 bits per heavy atom. The van der Waals surface area contributed by atoms with Crippen molar-refractivity contribution in [2.24, 2.45) is 0 Å². The highest BCUT2D eigenvalue weighted by atomic mass is 32.1. The van der Waals surface area contributed by atoms with Crippen LogP contribution < -0.4 is 5.32 Å². The Bertz CT molecular complexity index is 706. The van der Waals surface area contributed by atoms with Crippen LogP contribution in [0.2, 0.25) is 0 Å². The molecule has 1 aliphatic heterocycles. The molecule has 1 heterocycles. The monoisotopic (exact) mass is 324 g/mol. The number of hydrogen-bond donors (Lipinski definition) is 1. The van der Waals surface area contributed by atoms with Crippen molar-refractivity contribution in [3.63, 3.8) is 0 Å². The summed E-state index contributed by atoms with van der Waals surface area (Å²) in [5, 5.41) is 4.27. The van der Waals surface area contributed by atoms with Crippen LogP contribution in [0.5, 0.6) is 0 Å². The van der Waals surface area contributed by atoms with Gasteiger partial charge in [-0.2, -0.15) is 0 Å². The van der Waals surface area contributed by atoms with Crippen molar-refractivity contribution in [2.75, 3.05) is 18.4 Å². The summed E-state index contributed by atoms with van der Waals surface area (Å²) in [7, 11) is 0. The smallest absolute Gasteiger partial charge is 0.173 e. The molecule has 2 aromatic carbocycles. The highest BCUT2D eigenvalue weighted by Crippen LogP contribution is 2.28. The van der Waals surface area contributed by atoms with E-state index >= 15 is 0 Å². The minimum absolute atomic E-state index is 0.578. The maximum Gasteiger partial charge on any atom is 0.173 e. The first kappa shape index (κ1) is 16.0. The molecule has 3 rings (SSSR count). The first-order valence-corrected chi connectivity index (χ1v) is 8.64. The lowest BCUT2D eigenvalue weighted by atomic mass is 9.98. The van der Waals surface area contributed by atoms with Crippen molar-refractivity contribution in [3.8, 4) is 0 Å². The number of nitrogens with zero attached hydrogens (tertiary/aromatic N) is 1. The number of hydrogen-bond acceptors (Lipinski definition) is 1. The van der Waals surface area contributed by atoms with Crippen molar-refractivity contribution in [1.82, 2.24) is 4.90 Å². The van der Waals surface area contributed by atoms with Gasteiger partial charge in [0, 0.05) is 24.7 Å². The van der Waals surface area contributed by atoms with Gasteiger partial charge in [0.15, 0.2) is 5.11 Å². The number of anilines is 1. The van der Waals surface area contributed by atoms with E-state index in [0.717, 1.165) is 30.3 Å². The molecule has 2 nitrogen and oxygen atoms in total. The standard InChI is InChI=1S/C20H24N2S/c1-14-7-9-17(10-8-14)18-11-12-22(13-18)20(23)21-19-6-4-5-15(2)16(19)3/h4-10,18H,11-13H2,1-3H3,(H,21,23). The van der Waals surface area contributed by atoms with Crippen molar-refractivity contribution in [3.05, 3.63) is 64.7 Å². The number of likely N-dealkylation sites (tertiary alicyclic amines) is 1. The third-order valence-corrected chi connectivity index (χ3v) is 5.23. The predicted molar refractivity (Wildman–Crippen MR) is 102 cm³/mol. The second-order valence-electron chi connectivity index (χ2n) is 6.52. The van der Waals surface area contributed by atoms with Gasteiger partial charge in [0.2, 0.25) is 0 Å². The average Bonchev–Trinajstić information content (AvgIpc) is 3.02. The van der Waals surface area contributed by atoms with Crippen LogP contribution >= 0.6 is 12.2 Å². The average molecular weight is 324 g/mol. The number of rotatable bonds is 2. The molecule has 1 fully saturated rings. The fourth-order valence-corrected chi connectivity index (χ4v) is 3.41. The molecule has 0 spiro atoms. The van der Waals surface area contributed by atoms with Gasteiger partial charge in [-0.1, -0.05) is 42.0 Å². The van der Waals surface area contributed by atoms with E-state index in [2.05, 4.69) is 73.5 Å². The number of benzene rings is 2. The predicted octanol–water partition coefficient (Wildman–Crippen LogP) is 4.80. The van der Waals surface area contributed by atoms with Crippen molar-refractivity contribution in [1.29, 1.82) is 0 Å². The van der Waals surface area contributed by atoms with Crippen LogP contribution in [0.15, 0.2) is 42.5 Å². The fourth-order valence-electron chi connectivity index (χ4n) is 3.14. The Hall–Kier alpha value is -1.87. The Morgan fingerprint density at radius 3 is 2.57 bits per heavy atom. The molecule has 0 aliphatic carbocycles. The highest BCUT2D eigenvalue weighted by molar-refractivity contribution is 7.80. The normalized spacial score (nSPS) is 17.3. The summed E-state index contributed by atoms with van der Waals surface area (Å²) >= 11 is 5.64. The zero-order valence-corrected chi connectivity index (χ0v) is 14.9. The second-order valence-corrected chi connectivity index (χ2v) is 6.91. The molecular formula is C20H24N2S. The summed E-state index contributed by atoms with van der Waals surface area (Å²) in [6, 6.07) is 15.2. The largest absolute Gasteiger partial charge is 0.348 e. The van der Waals surface area contributed by atoms with Crippen molar-refractivity contribution >= 4 is 23.0 Å². The molecule has 1 saturated heterocycles. The van der Waals surface area contributed by atoms with E-state index < -0.39 is 0 Å². The number of thiocarbonyl (C=S) groups is 1. The van der Waals surface area contributed by atoms with Gasteiger partial charge in [-0.05, 0) is 62.2 Å². The molecule has 1 atom stereocenters. The summed E-state index contributed by atoms with van der Waals surface area (Å²) in [5.41, 5.74) is 6.41. The first-order chi connectivity index (χ1) is 11.0. The van der Waals surface area contributed by atoms with E-state index in [1.165, 1.54) is 22.3 Å². The summed E-state index contributed by atoms with van der Waals surface area (Å²) in [6.45, 7) is 8.43. The van der Waals surface area contributed by atoms with Gasteiger partial charge in [-0.25, -0.2) is 0 Å². The molecule has 1 N–H and O–H groups in total. The van der Waals surface area contributed by atoms with E-state index in [4.69, 9.17) is 12.2 Å². The third-order valence-electron chi connectivity index (χ3n) is 4.87. The maximum atomic E-state index is 5.64. The van der Waals surface area contributed by atoms with E-state index in [1.807, 2.05) is 0 Å². The van der Waals surface area contributed by atoms with E-state index in [1.54, 1.807) is 0 Å². The molecule has 0 radical (unpaired) electrons. The summed E-state index contributed by atoms with van der Waals surface area (Å²) in [5.74, 6) is 0.578. The van der Waals surface area contributed by atoms with Crippen LogP contribution in [0, 0.1) is 20.8 Å². The molecule has 0 saturated carbocycles. The van der Waals surface area contributed by atoms with Crippen LogP contribution in [0.4, 0.5) is 5.69 Å². The van der Waals surface area contributed by atoms with Gasteiger partial charge in [-0.15, -0.1) is 0 Å². The van der Waals surface area contributed by atoms with E-state index in [-0.39, 0.29) is 0 Å². The van der Waals surface area contributed by atoms with Crippen LogP contribution in [0.1, 0.15) is 34.6 Å². The Balaban J connectivity index is 1.65. The van der Waals surface area contributed by atoms with Gasteiger partial charge in [-0.3, -0.25) is 0 Å². The summed E-state index contributed by atoms with van der Waals surface area (Å²) in [6.07, 6.45) is 1.16. The van der Waals surface area contributed by atoms with Gasteiger partial charge in [0.05, 0.1) is 0 Å². The van der Waals surface area contributed by atoms with Gasteiger partial charge in [0.1, 0.15) is 0 Å². The van der Waals surface area contributed by atoms with Crippen LogP contribution in [-0.4, -0.2) is 23.1 Å². The van der Waals surface area contributed by atoms with E-state index in [9.17, 15) is 0 Å². The topological polar surface area (TPSA) is 15.3 Å². The molecule has 120 valence electrons. The lowest BCUT2D eigenvalue weighted by molar-refractivity contribution is 0.518. The molecule has 3 heteroatoms. The summed E-state index contributed by atoms with van der Waals surface area (Å²) < 4.78 is 0. The third kappa shape index (κ3) is 3.56. The Labute approximate surface area is 144 Å². The minimum Gasteiger partial charge on any atom is -0.348 e. The minimum atomic E-state index is 0.578. The lowest BCUT2D eigenvalue weighted by Crippen LogP contribution is -2.32. The Morgan fingerprint density at radius 1 is 1.09 bits per heavy atom. The Kier molecular flexibility index (Phi) is 4.67. The van der Waals surface area contributed by atoms with Crippen LogP contribution in [0.25, 0.3) is 0 Å². The van der Waals surface area contributed by atoms with Crippen molar-refractivity contribution in [2.45, 2.75) is 33.1 Å². The number of aryl methyl sites for hydroxylation is 2. The van der Waals surface area contributed by atoms with E-state index in [0.29, 0.717) is 5.92 Å². The molecule has 0 bridgehead atoms. The second kappa shape index (κ2) is 6.71. The molecule has 1 aliphatic rings. The molecule has 2 aromatic rings. The molecular weight excluding hydrogens is 300 g/mol. The van der Waals surface area contributed by atoms with Crippen LogP contribution in [-0.2, 0) is 0 Å². The SMILES string of the molecule is Cc1ccc(C2CCN(C(=S)Nc3cccc(C)c3C)C2)cc1. The molecule has 0 aromatic heterocycles.